The fourth-order valence-corrected chi connectivity index (χ4v) is 4.20. The number of para-hydroxylation sites is 1. The number of likely N-dealkylation sites (N-methyl/N-ethyl adjacent to an activating group) is 1. The maximum absolute atomic E-state index is 13.0. The molecule has 0 saturated carbocycles. The molecule has 1 saturated heterocycles. The highest BCUT2D eigenvalue weighted by Gasteiger charge is 2.32. The number of nitrogens with zero attached hydrogens (tertiary/aromatic N) is 2. The van der Waals surface area contributed by atoms with Crippen molar-refractivity contribution in [2.24, 2.45) is 0 Å². The first-order valence-corrected chi connectivity index (χ1v) is 11.0. The van der Waals surface area contributed by atoms with Crippen molar-refractivity contribution < 1.29 is 19.2 Å². The van der Waals surface area contributed by atoms with Crippen LogP contribution in [0.25, 0.3) is 0 Å². The highest BCUT2D eigenvalue weighted by molar-refractivity contribution is 5.98. The number of amides is 2. The van der Waals surface area contributed by atoms with Crippen LogP contribution >= 0.6 is 0 Å². The van der Waals surface area contributed by atoms with Gasteiger partial charge in [0, 0.05) is 36.7 Å². The van der Waals surface area contributed by atoms with E-state index in [9.17, 15) is 9.59 Å². The third-order valence-electron chi connectivity index (χ3n) is 6.23. The minimum Gasteiger partial charge on any atom is -0.378 e. The smallest absolute Gasteiger partial charge is 0.284 e. The molecule has 4 rings (SSSR count). The standard InChI is InChI=1S/C24H30N4O3/c1-18(24(30)28-12-11-19-5-3-4-6-22(19)28)26(2)17-23(29)25-20-7-9-21(10-8-20)27-13-15-31-16-14-27/h3-10,18H,11-17H2,1-2H3,(H,25,29)/p+1/t18-/m1/s1. The molecule has 0 aliphatic carbocycles. The number of carbonyl (C=O) groups excluding carboxylic acids is 2. The fourth-order valence-electron chi connectivity index (χ4n) is 4.20. The van der Waals surface area contributed by atoms with E-state index in [2.05, 4.69) is 16.3 Å². The van der Waals surface area contributed by atoms with E-state index in [0.29, 0.717) is 6.54 Å². The zero-order chi connectivity index (χ0) is 21.8. The van der Waals surface area contributed by atoms with Gasteiger partial charge in [0.1, 0.15) is 0 Å². The lowest BCUT2D eigenvalue weighted by molar-refractivity contribution is -0.885. The molecule has 31 heavy (non-hydrogen) atoms. The molecule has 2 amide bonds. The van der Waals surface area contributed by atoms with Crippen LogP contribution in [0.1, 0.15) is 12.5 Å². The molecule has 2 aromatic carbocycles. The maximum atomic E-state index is 13.0. The number of quaternary nitrogens is 1. The second-order valence-corrected chi connectivity index (χ2v) is 8.31. The molecule has 2 N–H and O–H groups in total. The maximum Gasteiger partial charge on any atom is 0.284 e. The molecule has 0 spiro atoms. The zero-order valence-corrected chi connectivity index (χ0v) is 18.3. The van der Waals surface area contributed by atoms with Crippen LogP contribution in [-0.2, 0) is 20.7 Å². The summed E-state index contributed by atoms with van der Waals surface area (Å²) in [6.07, 6.45) is 0.884. The van der Waals surface area contributed by atoms with Crippen LogP contribution in [0.15, 0.2) is 48.5 Å². The Hall–Kier alpha value is -2.90. The Labute approximate surface area is 183 Å². The van der Waals surface area contributed by atoms with Crippen LogP contribution in [0, 0.1) is 0 Å². The topological polar surface area (TPSA) is 66.3 Å². The second-order valence-electron chi connectivity index (χ2n) is 8.31. The van der Waals surface area contributed by atoms with Crippen LogP contribution in [0.5, 0.6) is 0 Å². The highest BCUT2D eigenvalue weighted by Crippen LogP contribution is 2.27. The molecule has 0 bridgehead atoms. The van der Waals surface area contributed by atoms with E-state index in [1.165, 1.54) is 5.56 Å². The molecule has 0 aromatic heterocycles. The van der Waals surface area contributed by atoms with Crippen molar-refractivity contribution in [2.75, 3.05) is 61.6 Å². The minimum atomic E-state index is -0.305. The van der Waals surface area contributed by atoms with Crippen molar-refractivity contribution >= 4 is 28.9 Å². The summed E-state index contributed by atoms with van der Waals surface area (Å²) >= 11 is 0. The number of hydrogen-bond acceptors (Lipinski definition) is 4. The molecule has 2 aromatic rings. The molecule has 2 aliphatic rings. The molecule has 2 atom stereocenters. The summed E-state index contributed by atoms with van der Waals surface area (Å²) in [6.45, 7) is 6.08. The minimum absolute atomic E-state index is 0.0603. The summed E-state index contributed by atoms with van der Waals surface area (Å²) < 4.78 is 5.39. The van der Waals surface area contributed by atoms with Crippen molar-refractivity contribution in [2.45, 2.75) is 19.4 Å². The Bertz CT molecular complexity index is 925. The van der Waals surface area contributed by atoms with Crippen molar-refractivity contribution in [3.8, 4) is 0 Å². The number of nitrogens with one attached hydrogen (secondary N) is 2. The average molecular weight is 424 g/mol. The Morgan fingerprint density at radius 1 is 1.06 bits per heavy atom. The van der Waals surface area contributed by atoms with E-state index < -0.39 is 0 Å². The predicted octanol–water partition coefficient (Wildman–Crippen LogP) is 0.954. The van der Waals surface area contributed by atoms with Gasteiger partial charge in [-0.15, -0.1) is 0 Å². The van der Waals surface area contributed by atoms with Gasteiger partial charge in [0.2, 0.25) is 0 Å². The average Bonchev–Trinajstić information content (AvgIpc) is 3.23. The quantitative estimate of drug-likeness (QED) is 0.726. The predicted molar refractivity (Wildman–Crippen MR) is 122 cm³/mol. The summed E-state index contributed by atoms with van der Waals surface area (Å²) in [6, 6.07) is 15.6. The third kappa shape index (κ3) is 4.89. The Morgan fingerprint density at radius 3 is 2.52 bits per heavy atom. The Kier molecular flexibility index (Phi) is 6.53. The van der Waals surface area contributed by atoms with Gasteiger partial charge in [0.05, 0.1) is 20.3 Å². The zero-order valence-electron chi connectivity index (χ0n) is 18.3. The molecule has 7 nitrogen and oxygen atoms in total. The normalized spacial score (nSPS) is 17.7. The fraction of sp³-hybridized carbons (Fsp3) is 0.417. The van der Waals surface area contributed by atoms with E-state index >= 15 is 0 Å². The number of ether oxygens (including phenoxy) is 1. The summed E-state index contributed by atoms with van der Waals surface area (Å²) in [5.74, 6) is -0.0387. The number of anilines is 3. The lowest BCUT2D eigenvalue weighted by Gasteiger charge is -2.29. The number of benzene rings is 2. The van der Waals surface area contributed by atoms with Crippen molar-refractivity contribution in [3.63, 3.8) is 0 Å². The molecule has 7 heteroatoms. The van der Waals surface area contributed by atoms with Gasteiger partial charge < -0.3 is 24.8 Å². The van der Waals surface area contributed by atoms with Crippen LogP contribution in [0.4, 0.5) is 17.1 Å². The summed E-state index contributed by atoms with van der Waals surface area (Å²) in [5.41, 5.74) is 4.10. The van der Waals surface area contributed by atoms with Gasteiger partial charge in [0.25, 0.3) is 11.8 Å². The summed E-state index contributed by atoms with van der Waals surface area (Å²) in [5, 5.41) is 2.95. The van der Waals surface area contributed by atoms with Gasteiger partial charge in [-0.2, -0.15) is 0 Å². The van der Waals surface area contributed by atoms with Crippen molar-refractivity contribution in [3.05, 3.63) is 54.1 Å². The SMILES string of the molecule is C[C@H](C(=O)N1CCc2ccccc21)[NH+](C)CC(=O)Nc1ccc(N2CCOCC2)cc1. The third-order valence-corrected chi connectivity index (χ3v) is 6.23. The van der Waals surface area contributed by atoms with Crippen LogP contribution in [0.3, 0.4) is 0 Å². The Balaban J connectivity index is 1.30. The molecular formula is C24H31N4O3+. The first kappa shape index (κ1) is 21.3. The van der Waals surface area contributed by atoms with E-state index in [0.717, 1.165) is 54.7 Å². The molecular weight excluding hydrogens is 392 g/mol. The van der Waals surface area contributed by atoms with Gasteiger partial charge in [-0.3, -0.25) is 9.59 Å². The summed E-state index contributed by atoms with van der Waals surface area (Å²) in [4.78, 5) is 30.6. The van der Waals surface area contributed by atoms with Gasteiger partial charge >= 0.3 is 0 Å². The summed E-state index contributed by atoms with van der Waals surface area (Å²) in [7, 11) is 1.89. The lowest BCUT2D eigenvalue weighted by atomic mass is 10.2. The molecule has 1 fully saturated rings. The largest absolute Gasteiger partial charge is 0.378 e. The second kappa shape index (κ2) is 9.49. The number of carbonyl (C=O) groups is 2. The number of hydrogen-bond donors (Lipinski definition) is 2. The monoisotopic (exact) mass is 423 g/mol. The molecule has 2 heterocycles. The Morgan fingerprint density at radius 2 is 1.77 bits per heavy atom. The van der Waals surface area contributed by atoms with E-state index in [-0.39, 0.29) is 24.4 Å². The van der Waals surface area contributed by atoms with Gasteiger partial charge in [-0.25, -0.2) is 0 Å². The van der Waals surface area contributed by atoms with E-state index in [1.54, 1.807) is 0 Å². The lowest BCUT2D eigenvalue weighted by Crippen LogP contribution is -3.15. The van der Waals surface area contributed by atoms with Crippen molar-refractivity contribution in [1.29, 1.82) is 0 Å². The number of fused-ring (bicyclic) bond motifs is 1. The van der Waals surface area contributed by atoms with Gasteiger partial charge in [0.15, 0.2) is 12.6 Å². The van der Waals surface area contributed by atoms with Crippen LogP contribution < -0.4 is 20.0 Å². The van der Waals surface area contributed by atoms with Crippen LogP contribution in [-0.4, -0.2) is 64.3 Å². The van der Waals surface area contributed by atoms with E-state index in [1.807, 2.05) is 61.3 Å². The van der Waals surface area contributed by atoms with Gasteiger partial charge in [-0.1, -0.05) is 18.2 Å². The number of rotatable bonds is 6. The van der Waals surface area contributed by atoms with Gasteiger partial charge in [-0.05, 0) is 49.2 Å². The molecule has 2 aliphatic heterocycles. The molecule has 1 unspecified atom stereocenters. The molecule has 0 radical (unpaired) electrons. The first-order valence-electron chi connectivity index (χ1n) is 11.0. The van der Waals surface area contributed by atoms with Crippen molar-refractivity contribution in [1.82, 2.24) is 0 Å². The highest BCUT2D eigenvalue weighted by atomic mass is 16.5. The van der Waals surface area contributed by atoms with Crippen LogP contribution in [0.2, 0.25) is 0 Å². The van der Waals surface area contributed by atoms with E-state index in [4.69, 9.17) is 4.74 Å². The molecule has 164 valence electrons. The number of morpholine rings is 1. The first-order chi connectivity index (χ1) is 15.0.